The maximum Gasteiger partial charge on any atom is 0.319 e. The van der Waals surface area contributed by atoms with Gasteiger partial charge >= 0.3 is 11.9 Å². The van der Waals surface area contributed by atoms with E-state index in [1.54, 1.807) is 0 Å². The molecule has 106 valence electrons. The average molecular weight is 259 g/mol. The molecule has 0 aromatic carbocycles. The highest BCUT2D eigenvalue weighted by atomic mass is 16.6. The van der Waals surface area contributed by atoms with Crippen LogP contribution >= 0.6 is 0 Å². The second-order valence-electron chi connectivity index (χ2n) is 5.47. The van der Waals surface area contributed by atoms with Gasteiger partial charge in [0.05, 0.1) is 13.7 Å². The highest BCUT2D eigenvalue weighted by Crippen LogP contribution is 2.11. The molecule has 0 aliphatic rings. The Balaban J connectivity index is 3.99. The van der Waals surface area contributed by atoms with Crippen molar-refractivity contribution in [3.05, 3.63) is 0 Å². The maximum absolute atomic E-state index is 11.5. The zero-order valence-electron chi connectivity index (χ0n) is 12.3. The highest BCUT2D eigenvalue weighted by molar-refractivity contribution is 5.71. The largest absolute Gasteiger partial charge is 0.468 e. The van der Waals surface area contributed by atoms with Crippen molar-refractivity contribution in [2.75, 3.05) is 20.7 Å². The molecular formula is C13H25NO4. The molecule has 5 nitrogen and oxygen atoms in total. The Bertz CT molecular complexity index is 283. The van der Waals surface area contributed by atoms with Gasteiger partial charge in [0.15, 0.2) is 0 Å². The van der Waals surface area contributed by atoms with E-state index < -0.39 is 5.60 Å². The molecule has 0 saturated carbocycles. The summed E-state index contributed by atoms with van der Waals surface area (Å²) in [7, 11) is 3.19. The van der Waals surface area contributed by atoms with Crippen molar-refractivity contribution in [2.24, 2.45) is 0 Å². The second-order valence-corrected chi connectivity index (χ2v) is 5.47. The molecule has 0 N–H and O–H groups in total. The minimum Gasteiger partial charge on any atom is -0.468 e. The molecule has 0 saturated heterocycles. The second kappa shape index (κ2) is 7.36. The van der Waals surface area contributed by atoms with E-state index in [1.165, 1.54) is 7.11 Å². The molecular weight excluding hydrogens is 234 g/mol. The van der Waals surface area contributed by atoms with E-state index in [1.807, 2.05) is 39.6 Å². The van der Waals surface area contributed by atoms with Crippen LogP contribution in [-0.2, 0) is 19.1 Å². The summed E-state index contributed by atoms with van der Waals surface area (Å²) in [4.78, 5) is 24.5. The van der Waals surface area contributed by atoms with Gasteiger partial charge in [0.2, 0.25) is 0 Å². The SMILES string of the molecule is COC(=O)CN(C)[C@H](C)CCC(=O)OC(C)(C)C. The smallest absolute Gasteiger partial charge is 0.319 e. The predicted molar refractivity (Wildman–Crippen MR) is 69.2 cm³/mol. The number of carbonyl (C=O) groups excluding carboxylic acids is 2. The van der Waals surface area contributed by atoms with E-state index >= 15 is 0 Å². The predicted octanol–water partition coefficient (Wildman–Crippen LogP) is 1.60. The number of likely N-dealkylation sites (N-methyl/N-ethyl adjacent to an activating group) is 1. The van der Waals surface area contributed by atoms with Crippen LogP contribution in [0, 0.1) is 0 Å². The minimum absolute atomic E-state index is 0.122. The first-order chi connectivity index (χ1) is 8.15. The first kappa shape index (κ1) is 16.9. The summed E-state index contributed by atoms with van der Waals surface area (Å²) >= 11 is 0. The topological polar surface area (TPSA) is 55.8 Å². The van der Waals surface area contributed by atoms with Crippen LogP contribution in [0.4, 0.5) is 0 Å². The number of hydrogen-bond acceptors (Lipinski definition) is 5. The van der Waals surface area contributed by atoms with Crippen molar-refractivity contribution < 1.29 is 19.1 Å². The highest BCUT2D eigenvalue weighted by Gasteiger charge is 2.19. The minimum atomic E-state index is -0.446. The summed E-state index contributed by atoms with van der Waals surface area (Å²) < 4.78 is 9.81. The van der Waals surface area contributed by atoms with Gasteiger partial charge in [-0.1, -0.05) is 0 Å². The van der Waals surface area contributed by atoms with Crippen LogP contribution in [0.15, 0.2) is 0 Å². The number of methoxy groups -OCH3 is 1. The number of rotatable bonds is 6. The average Bonchev–Trinajstić information content (AvgIpc) is 2.23. The van der Waals surface area contributed by atoms with Gasteiger partial charge in [-0.15, -0.1) is 0 Å². The van der Waals surface area contributed by atoms with Crippen molar-refractivity contribution in [1.82, 2.24) is 4.90 Å². The van der Waals surface area contributed by atoms with Crippen molar-refractivity contribution >= 4 is 11.9 Å². The monoisotopic (exact) mass is 259 g/mol. The third-order valence-electron chi connectivity index (χ3n) is 2.54. The molecule has 0 rings (SSSR count). The Labute approximate surface area is 109 Å². The molecule has 0 amide bonds. The normalized spacial score (nSPS) is 13.3. The fourth-order valence-electron chi connectivity index (χ4n) is 1.36. The van der Waals surface area contributed by atoms with E-state index in [2.05, 4.69) is 4.74 Å². The maximum atomic E-state index is 11.5. The van der Waals surface area contributed by atoms with E-state index in [0.29, 0.717) is 12.8 Å². The van der Waals surface area contributed by atoms with Crippen LogP contribution in [0.5, 0.6) is 0 Å². The van der Waals surface area contributed by atoms with Gasteiger partial charge in [-0.2, -0.15) is 0 Å². The van der Waals surface area contributed by atoms with Gasteiger partial charge < -0.3 is 9.47 Å². The number of nitrogens with zero attached hydrogens (tertiary/aromatic N) is 1. The number of ether oxygens (including phenoxy) is 2. The molecule has 0 aliphatic heterocycles. The Morgan fingerprint density at radius 3 is 2.22 bits per heavy atom. The van der Waals surface area contributed by atoms with Gasteiger partial charge in [-0.25, -0.2) is 0 Å². The lowest BCUT2D eigenvalue weighted by Gasteiger charge is -2.24. The third-order valence-corrected chi connectivity index (χ3v) is 2.54. The summed E-state index contributed by atoms with van der Waals surface area (Å²) in [5, 5.41) is 0. The Hall–Kier alpha value is -1.10. The van der Waals surface area contributed by atoms with Crippen LogP contribution in [0.1, 0.15) is 40.5 Å². The van der Waals surface area contributed by atoms with Crippen LogP contribution in [0.3, 0.4) is 0 Å². The summed E-state index contributed by atoms with van der Waals surface area (Å²) in [6.45, 7) is 7.73. The Morgan fingerprint density at radius 1 is 1.22 bits per heavy atom. The number of carbonyl (C=O) groups is 2. The molecule has 0 radical (unpaired) electrons. The fraction of sp³-hybridized carbons (Fsp3) is 0.846. The fourth-order valence-corrected chi connectivity index (χ4v) is 1.36. The van der Waals surface area contributed by atoms with Gasteiger partial charge in [-0.05, 0) is 41.2 Å². The van der Waals surface area contributed by atoms with Crippen LogP contribution in [0.25, 0.3) is 0 Å². The molecule has 1 atom stereocenters. The molecule has 0 aromatic rings. The molecule has 0 aromatic heterocycles. The van der Waals surface area contributed by atoms with Crippen LogP contribution in [0.2, 0.25) is 0 Å². The third kappa shape index (κ3) is 8.06. The quantitative estimate of drug-likeness (QED) is 0.678. The zero-order valence-corrected chi connectivity index (χ0v) is 12.3. The molecule has 0 unspecified atom stereocenters. The van der Waals surface area contributed by atoms with Crippen molar-refractivity contribution in [1.29, 1.82) is 0 Å². The van der Waals surface area contributed by atoms with Gasteiger partial charge in [0.1, 0.15) is 5.60 Å². The zero-order chi connectivity index (χ0) is 14.3. The van der Waals surface area contributed by atoms with Crippen molar-refractivity contribution in [3.8, 4) is 0 Å². The molecule has 0 heterocycles. The van der Waals surface area contributed by atoms with Crippen LogP contribution < -0.4 is 0 Å². The summed E-state index contributed by atoms with van der Waals surface area (Å²) in [5.74, 6) is -0.484. The standard InChI is InChI=1S/C13H25NO4/c1-10(14(5)9-12(16)17-6)7-8-11(15)18-13(2,3)4/h10H,7-9H2,1-6H3/t10-/m1/s1. The van der Waals surface area contributed by atoms with Gasteiger partial charge in [-0.3, -0.25) is 14.5 Å². The first-order valence-corrected chi connectivity index (χ1v) is 6.14. The lowest BCUT2D eigenvalue weighted by Crippen LogP contribution is -2.35. The van der Waals surface area contributed by atoms with Crippen molar-refractivity contribution in [3.63, 3.8) is 0 Å². The van der Waals surface area contributed by atoms with Crippen molar-refractivity contribution in [2.45, 2.75) is 52.2 Å². The molecule has 0 fully saturated rings. The van der Waals surface area contributed by atoms with Gasteiger partial charge in [0.25, 0.3) is 0 Å². The molecule has 5 heteroatoms. The lowest BCUT2D eigenvalue weighted by atomic mass is 10.1. The van der Waals surface area contributed by atoms with E-state index in [4.69, 9.17) is 4.74 Å². The van der Waals surface area contributed by atoms with Crippen LogP contribution in [-0.4, -0.2) is 49.2 Å². The number of hydrogen-bond donors (Lipinski definition) is 0. The summed E-state index contributed by atoms with van der Waals surface area (Å²) in [6.07, 6.45) is 1.01. The summed E-state index contributed by atoms with van der Waals surface area (Å²) in [6, 6.07) is 0.122. The summed E-state index contributed by atoms with van der Waals surface area (Å²) in [5.41, 5.74) is -0.446. The van der Waals surface area contributed by atoms with E-state index in [9.17, 15) is 9.59 Å². The number of esters is 2. The Morgan fingerprint density at radius 2 is 1.78 bits per heavy atom. The van der Waals surface area contributed by atoms with Gasteiger partial charge in [0, 0.05) is 12.5 Å². The lowest BCUT2D eigenvalue weighted by molar-refractivity contribution is -0.155. The molecule has 0 bridgehead atoms. The Kier molecular flexibility index (Phi) is 6.91. The molecule has 0 spiro atoms. The molecule has 18 heavy (non-hydrogen) atoms. The first-order valence-electron chi connectivity index (χ1n) is 6.14. The van der Waals surface area contributed by atoms with E-state index in [-0.39, 0.29) is 24.5 Å². The molecule has 0 aliphatic carbocycles. The van der Waals surface area contributed by atoms with E-state index in [0.717, 1.165) is 0 Å².